The molecule has 1 aromatic heterocycles. The van der Waals surface area contributed by atoms with Crippen LogP contribution in [-0.4, -0.2) is 17.4 Å². The number of fused-ring (bicyclic) bond motifs is 1. The minimum Gasteiger partial charge on any atom is -0.330 e. The van der Waals surface area contributed by atoms with Gasteiger partial charge < -0.3 is 4.90 Å². The molecule has 1 heterocycles. The summed E-state index contributed by atoms with van der Waals surface area (Å²) in [6, 6.07) is 11.6. The number of hydrogen-bond donors (Lipinski definition) is 0. The highest BCUT2D eigenvalue weighted by atomic mass is 32.1. The Kier molecular flexibility index (Phi) is 5.35. The van der Waals surface area contributed by atoms with Crippen LogP contribution in [0.4, 0.5) is 0 Å². The average Bonchev–Trinajstić information content (AvgIpc) is 3.04. The van der Waals surface area contributed by atoms with Crippen molar-refractivity contribution in [3.63, 3.8) is 0 Å². The van der Waals surface area contributed by atoms with E-state index in [-0.39, 0.29) is 5.91 Å². The molecule has 0 aliphatic heterocycles. The minimum absolute atomic E-state index is 0.0660. The van der Waals surface area contributed by atoms with Crippen LogP contribution in [0.5, 0.6) is 0 Å². The minimum atomic E-state index is 0.0660. The van der Waals surface area contributed by atoms with Gasteiger partial charge in [0.1, 0.15) is 0 Å². The Labute approximate surface area is 153 Å². The van der Waals surface area contributed by atoms with Crippen molar-refractivity contribution in [1.82, 2.24) is 4.90 Å². The van der Waals surface area contributed by atoms with E-state index in [4.69, 9.17) is 5.26 Å². The molecule has 1 unspecified atom stereocenters. The van der Waals surface area contributed by atoms with Gasteiger partial charge in [0, 0.05) is 18.0 Å². The third-order valence-corrected chi connectivity index (χ3v) is 5.86. The summed E-state index contributed by atoms with van der Waals surface area (Å²) in [5, 5.41) is 8.90. The summed E-state index contributed by atoms with van der Waals surface area (Å²) in [4.78, 5) is 17.0. The molecule has 25 heavy (non-hydrogen) atoms. The van der Waals surface area contributed by atoms with E-state index < -0.39 is 0 Å². The van der Waals surface area contributed by atoms with E-state index in [1.54, 1.807) is 29.5 Å². The van der Waals surface area contributed by atoms with Gasteiger partial charge in [-0.15, -0.1) is 17.9 Å². The van der Waals surface area contributed by atoms with E-state index >= 15 is 0 Å². The first kappa shape index (κ1) is 17.4. The van der Waals surface area contributed by atoms with Crippen molar-refractivity contribution in [3.8, 4) is 6.07 Å². The molecule has 0 saturated heterocycles. The Bertz CT molecular complexity index is 813. The molecule has 128 valence electrons. The van der Waals surface area contributed by atoms with Crippen molar-refractivity contribution >= 4 is 17.2 Å². The van der Waals surface area contributed by atoms with Gasteiger partial charge in [0.2, 0.25) is 0 Å². The Morgan fingerprint density at radius 1 is 1.44 bits per heavy atom. The Morgan fingerprint density at radius 3 is 2.88 bits per heavy atom. The SMILES string of the molecule is C=CCN(Cc1ccc(C#N)cc1)C(=O)c1cc2c(s1)CCC(C)C2. The predicted octanol–water partition coefficient (Wildman–Crippen LogP) is 4.57. The first-order valence-electron chi connectivity index (χ1n) is 8.61. The third kappa shape index (κ3) is 4.00. The summed E-state index contributed by atoms with van der Waals surface area (Å²) in [7, 11) is 0. The topological polar surface area (TPSA) is 44.1 Å². The largest absolute Gasteiger partial charge is 0.330 e. The number of aryl methyl sites for hydroxylation is 1. The summed E-state index contributed by atoms with van der Waals surface area (Å²) in [5.41, 5.74) is 3.00. The van der Waals surface area contributed by atoms with Crippen LogP contribution < -0.4 is 0 Å². The lowest BCUT2D eigenvalue weighted by Crippen LogP contribution is -2.30. The van der Waals surface area contributed by atoms with Crippen LogP contribution in [0.1, 0.15) is 44.6 Å². The molecular weight excluding hydrogens is 328 g/mol. The first-order valence-corrected chi connectivity index (χ1v) is 9.43. The van der Waals surface area contributed by atoms with Crippen LogP contribution in [0.15, 0.2) is 43.0 Å². The Morgan fingerprint density at radius 2 is 2.20 bits per heavy atom. The standard InChI is InChI=1S/C21H22N2OS/c1-3-10-23(14-17-7-5-16(13-22)6-8-17)21(24)20-12-18-11-15(2)4-9-19(18)25-20/h3,5-8,12,15H,1,4,9-11,14H2,2H3. The van der Waals surface area contributed by atoms with Crippen LogP contribution in [0.25, 0.3) is 0 Å². The lowest BCUT2D eigenvalue weighted by atomic mass is 9.90. The number of hydrogen-bond acceptors (Lipinski definition) is 3. The molecule has 0 radical (unpaired) electrons. The summed E-state index contributed by atoms with van der Waals surface area (Å²) in [6.45, 7) is 7.10. The molecule has 0 spiro atoms. The van der Waals surface area contributed by atoms with Gasteiger partial charge in [-0.2, -0.15) is 5.26 Å². The predicted molar refractivity (Wildman–Crippen MR) is 102 cm³/mol. The molecule has 0 fully saturated rings. The molecule has 0 saturated carbocycles. The molecule has 3 rings (SSSR count). The summed E-state index contributed by atoms with van der Waals surface area (Å²) in [6.07, 6.45) is 5.14. The molecule has 1 aromatic carbocycles. The fourth-order valence-corrected chi connectivity index (χ4v) is 4.42. The molecule has 4 heteroatoms. The molecule has 1 atom stereocenters. The highest BCUT2D eigenvalue weighted by molar-refractivity contribution is 7.14. The highest BCUT2D eigenvalue weighted by Gasteiger charge is 2.23. The van der Waals surface area contributed by atoms with Crippen LogP contribution in [-0.2, 0) is 19.4 Å². The van der Waals surface area contributed by atoms with E-state index in [1.165, 1.54) is 16.9 Å². The second-order valence-electron chi connectivity index (χ2n) is 6.69. The van der Waals surface area contributed by atoms with Gasteiger partial charge in [0.25, 0.3) is 5.91 Å². The van der Waals surface area contributed by atoms with Crippen molar-refractivity contribution < 1.29 is 4.79 Å². The maximum absolute atomic E-state index is 13.0. The summed E-state index contributed by atoms with van der Waals surface area (Å²) in [5.74, 6) is 0.768. The molecule has 1 aliphatic carbocycles. The molecule has 0 N–H and O–H groups in total. The maximum atomic E-state index is 13.0. The number of carbonyl (C=O) groups is 1. The van der Waals surface area contributed by atoms with Crippen molar-refractivity contribution in [1.29, 1.82) is 5.26 Å². The Hall–Kier alpha value is -2.38. The summed E-state index contributed by atoms with van der Waals surface area (Å²) < 4.78 is 0. The fraction of sp³-hybridized carbons (Fsp3) is 0.333. The highest BCUT2D eigenvalue weighted by Crippen LogP contribution is 2.32. The molecule has 1 aliphatic rings. The van der Waals surface area contributed by atoms with Gasteiger partial charge in [0.05, 0.1) is 16.5 Å². The van der Waals surface area contributed by atoms with Gasteiger partial charge in [-0.05, 0) is 54.5 Å². The normalized spacial score (nSPS) is 15.9. The van der Waals surface area contributed by atoms with Gasteiger partial charge in [-0.1, -0.05) is 25.1 Å². The zero-order chi connectivity index (χ0) is 17.8. The van der Waals surface area contributed by atoms with E-state index in [0.717, 1.165) is 23.3 Å². The lowest BCUT2D eigenvalue weighted by Gasteiger charge is -2.20. The van der Waals surface area contributed by atoms with E-state index in [0.29, 0.717) is 24.6 Å². The third-order valence-electron chi connectivity index (χ3n) is 4.63. The fourth-order valence-electron chi connectivity index (χ4n) is 3.25. The number of thiophene rings is 1. The zero-order valence-corrected chi connectivity index (χ0v) is 15.3. The van der Waals surface area contributed by atoms with Gasteiger partial charge in [0.15, 0.2) is 0 Å². The van der Waals surface area contributed by atoms with E-state index in [9.17, 15) is 4.79 Å². The van der Waals surface area contributed by atoms with Crippen molar-refractivity contribution in [3.05, 3.63) is 69.4 Å². The molecule has 1 amide bonds. The molecule has 2 aromatic rings. The first-order chi connectivity index (χ1) is 12.1. The number of nitriles is 1. The molecular formula is C21H22N2OS. The lowest BCUT2D eigenvalue weighted by molar-refractivity contribution is 0.0767. The van der Waals surface area contributed by atoms with Crippen LogP contribution >= 0.6 is 11.3 Å². The van der Waals surface area contributed by atoms with E-state index in [1.807, 2.05) is 17.0 Å². The smallest absolute Gasteiger partial charge is 0.264 e. The number of amides is 1. The molecule has 0 bridgehead atoms. The monoisotopic (exact) mass is 350 g/mol. The quantitative estimate of drug-likeness (QED) is 0.741. The Balaban J connectivity index is 1.78. The number of carbonyl (C=O) groups excluding carboxylic acids is 1. The van der Waals surface area contributed by atoms with Gasteiger partial charge in [-0.25, -0.2) is 0 Å². The second kappa shape index (κ2) is 7.67. The van der Waals surface area contributed by atoms with Gasteiger partial charge in [-0.3, -0.25) is 4.79 Å². The summed E-state index contributed by atoms with van der Waals surface area (Å²) >= 11 is 1.65. The number of rotatable bonds is 5. The van der Waals surface area contributed by atoms with Crippen molar-refractivity contribution in [2.24, 2.45) is 5.92 Å². The second-order valence-corrected chi connectivity index (χ2v) is 7.83. The average molecular weight is 350 g/mol. The number of nitrogens with zero attached hydrogens (tertiary/aromatic N) is 2. The number of benzene rings is 1. The maximum Gasteiger partial charge on any atom is 0.264 e. The van der Waals surface area contributed by atoms with Gasteiger partial charge >= 0.3 is 0 Å². The van der Waals surface area contributed by atoms with Crippen LogP contribution in [0.3, 0.4) is 0 Å². The molecule has 3 nitrogen and oxygen atoms in total. The van der Waals surface area contributed by atoms with Crippen LogP contribution in [0.2, 0.25) is 0 Å². The van der Waals surface area contributed by atoms with Crippen molar-refractivity contribution in [2.45, 2.75) is 32.7 Å². The van der Waals surface area contributed by atoms with Crippen LogP contribution in [0, 0.1) is 17.2 Å². The zero-order valence-electron chi connectivity index (χ0n) is 14.5. The van der Waals surface area contributed by atoms with E-state index in [2.05, 4.69) is 25.6 Å². The van der Waals surface area contributed by atoms with Crippen molar-refractivity contribution in [2.75, 3.05) is 6.54 Å².